The first-order chi connectivity index (χ1) is 10.7. The fraction of sp³-hybridized carbons (Fsp3) is 0.632. The van der Waals surface area contributed by atoms with E-state index in [-0.39, 0.29) is 11.9 Å². The molecule has 0 spiro atoms. The Hall–Kier alpha value is -1.51. The Labute approximate surface area is 134 Å². The van der Waals surface area contributed by atoms with Crippen LogP contribution in [0, 0.1) is 0 Å². The molecule has 3 heteroatoms. The number of anilines is 2. The number of nitrogens with zero attached hydrogens (tertiary/aromatic N) is 1. The van der Waals surface area contributed by atoms with Crippen molar-refractivity contribution in [3.63, 3.8) is 0 Å². The van der Waals surface area contributed by atoms with Crippen molar-refractivity contribution >= 4 is 17.3 Å². The molecule has 3 nitrogen and oxygen atoms in total. The molecule has 1 aromatic rings. The largest absolute Gasteiger partial charge is 0.372 e. The highest BCUT2D eigenvalue weighted by atomic mass is 16.2. The van der Waals surface area contributed by atoms with E-state index in [9.17, 15) is 4.79 Å². The van der Waals surface area contributed by atoms with Gasteiger partial charge < -0.3 is 10.2 Å². The van der Waals surface area contributed by atoms with Gasteiger partial charge in [-0.2, -0.15) is 0 Å². The number of amides is 1. The second-order valence-electron chi connectivity index (χ2n) is 6.65. The third-order valence-electron chi connectivity index (χ3n) is 5.04. The first-order valence-electron chi connectivity index (χ1n) is 8.98. The quantitative estimate of drug-likeness (QED) is 0.823. The number of nitrogens with one attached hydrogen (secondary N) is 1. The Morgan fingerprint density at radius 3 is 2.55 bits per heavy atom. The van der Waals surface area contributed by atoms with Crippen LogP contribution in [0.2, 0.25) is 0 Å². The van der Waals surface area contributed by atoms with E-state index in [0.29, 0.717) is 0 Å². The van der Waals surface area contributed by atoms with Crippen LogP contribution in [0.5, 0.6) is 0 Å². The van der Waals surface area contributed by atoms with Crippen molar-refractivity contribution in [1.29, 1.82) is 0 Å². The molecule has 0 saturated heterocycles. The van der Waals surface area contributed by atoms with Crippen molar-refractivity contribution in [2.24, 2.45) is 0 Å². The first-order valence-corrected chi connectivity index (χ1v) is 8.98. The summed E-state index contributed by atoms with van der Waals surface area (Å²) in [5, 5.41) is 3.48. The van der Waals surface area contributed by atoms with Gasteiger partial charge in [-0.15, -0.1) is 0 Å². The molecule has 1 N–H and O–H groups in total. The number of unbranched alkanes of at least 4 members (excludes halogenated alkanes) is 2. The molecule has 0 saturated carbocycles. The predicted molar refractivity (Wildman–Crippen MR) is 92.7 cm³/mol. The Morgan fingerprint density at radius 2 is 1.86 bits per heavy atom. The molecule has 1 atom stereocenters. The minimum Gasteiger partial charge on any atom is -0.372 e. The zero-order chi connectivity index (χ0) is 15.5. The smallest absolute Gasteiger partial charge is 0.249 e. The molecule has 1 aliphatic heterocycles. The van der Waals surface area contributed by atoms with Crippen molar-refractivity contribution in [2.75, 3.05) is 16.8 Å². The third-order valence-corrected chi connectivity index (χ3v) is 5.04. The molecule has 0 bridgehead atoms. The normalized spacial score (nSPS) is 20.4. The summed E-state index contributed by atoms with van der Waals surface area (Å²) in [6, 6.07) is 4.54. The van der Waals surface area contributed by atoms with E-state index in [2.05, 4.69) is 31.3 Å². The lowest BCUT2D eigenvalue weighted by molar-refractivity contribution is -0.119. The van der Waals surface area contributed by atoms with Crippen LogP contribution in [-0.4, -0.2) is 18.5 Å². The van der Waals surface area contributed by atoms with Crippen LogP contribution in [0.1, 0.15) is 63.5 Å². The molecule has 0 aromatic heterocycles. The maximum atomic E-state index is 12.7. The van der Waals surface area contributed by atoms with E-state index >= 15 is 0 Å². The SMILES string of the molecule is CCCCCN1C(=O)C(CC)Nc2cc3c(cc21)CCCC3. The molecule has 120 valence electrons. The molecule has 1 heterocycles. The monoisotopic (exact) mass is 300 g/mol. The Balaban J connectivity index is 1.94. The molecule has 2 aliphatic rings. The number of rotatable bonds is 5. The average molecular weight is 300 g/mol. The Kier molecular flexibility index (Phi) is 4.70. The van der Waals surface area contributed by atoms with Crippen LogP contribution >= 0.6 is 0 Å². The molecule has 22 heavy (non-hydrogen) atoms. The van der Waals surface area contributed by atoms with Crippen molar-refractivity contribution in [3.05, 3.63) is 23.3 Å². The number of hydrogen-bond acceptors (Lipinski definition) is 2. The maximum absolute atomic E-state index is 12.7. The fourth-order valence-corrected chi connectivity index (χ4v) is 3.70. The molecule has 3 rings (SSSR count). The van der Waals surface area contributed by atoms with E-state index in [4.69, 9.17) is 0 Å². The number of hydrogen-bond donors (Lipinski definition) is 1. The fourth-order valence-electron chi connectivity index (χ4n) is 3.70. The van der Waals surface area contributed by atoms with Gasteiger partial charge in [-0.3, -0.25) is 4.79 Å². The lowest BCUT2D eigenvalue weighted by Crippen LogP contribution is -2.47. The van der Waals surface area contributed by atoms with Gasteiger partial charge in [0.15, 0.2) is 0 Å². The van der Waals surface area contributed by atoms with E-state index < -0.39 is 0 Å². The summed E-state index contributed by atoms with van der Waals surface area (Å²) in [7, 11) is 0. The highest BCUT2D eigenvalue weighted by molar-refractivity contribution is 6.05. The molecular formula is C19H28N2O. The number of benzene rings is 1. The van der Waals surface area contributed by atoms with Gasteiger partial charge in [0.25, 0.3) is 0 Å². The molecule has 1 aliphatic carbocycles. The number of carbonyl (C=O) groups is 1. The van der Waals surface area contributed by atoms with Gasteiger partial charge in [-0.25, -0.2) is 0 Å². The minimum absolute atomic E-state index is 0.0595. The lowest BCUT2D eigenvalue weighted by Gasteiger charge is -2.36. The third kappa shape index (κ3) is 2.86. The predicted octanol–water partition coefficient (Wildman–Crippen LogP) is 4.29. The summed E-state index contributed by atoms with van der Waals surface area (Å²) in [6.45, 7) is 5.15. The van der Waals surface area contributed by atoms with Crippen LogP contribution in [0.3, 0.4) is 0 Å². The second-order valence-corrected chi connectivity index (χ2v) is 6.65. The number of fused-ring (bicyclic) bond motifs is 2. The standard InChI is InChI=1S/C19H28N2O/c1-3-5-8-11-21-18-13-15-10-7-6-9-14(15)12-17(18)20-16(4-2)19(21)22/h12-13,16,20H,3-11H2,1-2H3. The van der Waals surface area contributed by atoms with Gasteiger partial charge in [0, 0.05) is 6.54 Å². The van der Waals surface area contributed by atoms with E-state index in [0.717, 1.165) is 31.5 Å². The summed E-state index contributed by atoms with van der Waals surface area (Å²) in [5.74, 6) is 0.252. The highest BCUT2D eigenvalue weighted by Gasteiger charge is 2.31. The second kappa shape index (κ2) is 6.72. The maximum Gasteiger partial charge on any atom is 0.249 e. The average Bonchev–Trinajstić information content (AvgIpc) is 2.55. The lowest BCUT2D eigenvalue weighted by atomic mass is 9.89. The first kappa shape index (κ1) is 15.4. The zero-order valence-electron chi connectivity index (χ0n) is 14.0. The zero-order valence-corrected chi connectivity index (χ0v) is 14.0. The van der Waals surface area contributed by atoms with E-state index in [1.54, 1.807) is 0 Å². The van der Waals surface area contributed by atoms with Gasteiger partial charge in [-0.1, -0.05) is 26.7 Å². The van der Waals surface area contributed by atoms with Gasteiger partial charge in [-0.05, 0) is 61.8 Å². The van der Waals surface area contributed by atoms with Crippen LogP contribution in [-0.2, 0) is 17.6 Å². The van der Waals surface area contributed by atoms with E-state index in [1.165, 1.54) is 48.9 Å². The van der Waals surface area contributed by atoms with Gasteiger partial charge in [0.05, 0.1) is 11.4 Å². The van der Waals surface area contributed by atoms with Crippen LogP contribution < -0.4 is 10.2 Å². The Morgan fingerprint density at radius 1 is 1.14 bits per heavy atom. The Bertz CT molecular complexity index is 553. The molecule has 0 radical (unpaired) electrons. The molecule has 0 fully saturated rings. The minimum atomic E-state index is -0.0595. The van der Waals surface area contributed by atoms with Crippen LogP contribution in [0.25, 0.3) is 0 Å². The summed E-state index contributed by atoms with van der Waals surface area (Å²) in [5.41, 5.74) is 5.22. The summed E-state index contributed by atoms with van der Waals surface area (Å²) < 4.78 is 0. The molecule has 1 amide bonds. The van der Waals surface area contributed by atoms with Gasteiger partial charge in [0.1, 0.15) is 6.04 Å². The van der Waals surface area contributed by atoms with Gasteiger partial charge in [0.2, 0.25) is 5.91 Å². The molecule has 1 aromatic carbocycles. The van der Waals surface area contributed by atoms with Crippen LogP contribution in [0.15, 0.2) is 12.1 Å². The topological polar surface area (TPSA) is 32.3 Å². The van der Waals surface area contributed by atoms with Crippen molar-refractivity contribution in [3.8, 4) is 0 Å². The highest BCUT2D eigenvalue weighted by Crippen LogP contribution is 2.37. The van der Waals surface area contributed by atoms with Gasteiger partial charge >= 0.3 is 0 Å². The van der Waals surface area contributed by atoms with Crippen LogP contribution in [0.4, 0.5) is 11.4 Å². The molecular weight excluding hydrogens is 272 g/mol. The summed E-state index contributed by atoms with van der Waals surface area (Å²) in [6.07, 6.45) is 9.24. The number of carbonyl (C=O) groups excluding carboxylic acids is 1. The summed E-state index contributed by atoms with van der Waals surface area (Å²) in [4.78, 5) is 14.8. The van der Waals surface area contributed by atoms with Crippen molar-refractivity contribution in [1.82, 2.24) is 0 Å². The molecule has 1 unspecified atom stereocenters. The van der Waals surface area contributed by atoms with Crippen molar-refractivity contribution in [2.45, 2.75) is 71.3 Å². The van der Waals surface area contributed by atoms with Crippen molar-refractivity contribution < 1.29 is 4.79 Å². The number of aryl methyl sites for hydroxylation is 2. The summed E-state index contributed by atoms with van der Waals surface area (Å²) >= 11 is 0. The van der Waals surface area contributed by atoms with E-state index in [1.807, 2.05) is 4.90 Å².